The van der Waals surface area contributed by atoms with Crippen molar-refractivity contribution in [1.82, 2.24) is 14.8 Å². The molecule has 1 aliphatic rings. The molecule has 0 aliphatic carbocycles. The van der Waals surface area contributed by atoms with E-state index in [1.165, 1.54) is 0 Å². The Balaban J connectivity index is 2.25. The van der Waals surface area contributed by atoms with Crippen LogP contribution < -0.4 is 5.73 Å². The van der Waals surface area contributed by atoms with Crippen molar-refractivity contribution in [2.45, 2.75) is 51.9 Å². The van der Waals surface area contributed by atoms with E-state index in [0.29, 0.717) is 18.1 Å². The van der Waals surface area contributed by atoms with Gasteiger partial charge in [-0.3, -0.25) is 0 Å². The van der Waals surface area contributed by atoms with Gasteiger partial charge in [-0.2, -0.15) is 13.2 Å². The fourth-order valence-electron chi connectivity index (χ4n) is 2.37. The summed E-state index contributed by atoms with van der Waals surface area (Å²) in [5, 5.41) is 7.98. The lowest BCUT2D eigenvalue weighted by atomic mass is 9.96. The highest BCUT2D eigenvalue weighted by atomic mass is 19.4. The summed E-state index contributed by atoms with van der Waals surface area (Å²) < 4.78 is 40.0. The van der Waals surface area contributed by atoms with Crippen LogP contribution in [-0.2, 0) is 13.0 Å². The first-order valence-corrected chi connectivity index (χ1v) is 6.58. The molecule has 0 amide bonds. The number of halogens is 3. The number of fused-ring (bicyclic) bond motifs is 1. The van der Waals surface area contributed by atoms with E-state index in [1.807, 2.05) is 13.8 Å². The van der Waals surface area contributed by atoms with Crippen molar-refractivity contribution in [3.63, 3.8) is 0 Å². The van der Waals surface area contributed by atoms with Crippen molar-refractivity contribution >= 4 is 0 Å². The second kappa shape index (κ2) is 5.11. The summed E-state index contributed by atoms with van der Waals surface area (Å²) in [6.07, 6.45) is -2.92. The number of hydrogen-bond acceptors (Lipinski definition) is 3. The van der Waals surface area contributed by atoms with Crippen molar-refractivity contribution in [2.24, 2.45) is 17.6 Å². The first kappa shape index (κ1) is 14.3. The molecule has 0 aromatic carbocycles. The van der Waals surface area contributed by atoms with Crippen LogP contribution in [0.5, 0.6) is 0 Å². The van der Waals surface area contributed by atoms with Crippen LogP contribution in [0.1, 0.15) is 44.4 Å². The Kier molecular flexibility index (Phi) is 3.85. The van der Waals surface area contributed by atoms with Gasteiger partial charge >= 0.3 is 6.18 Å². The highest BCUT2D eigenvalue weighted by Crippen LogP contribution is 2.35. The van der Waals surface area contributed by atoms with Gasteiger partial charge in [0.1, 0.15) is 11.6 Å². The molecule has 3 unspecified atom stereocenters. The summed E-state index contributed by atoms with van der Waals surface area (Å²) in [5.41, 5.74) is 6.07. The molecule has 108 valence electrons. The molecule has 1 aromatic heterocycles. The number of nitrogens with two attached hydrogens (primary N) is 1. The van der Waals surface area contributed by atoms with Crippen molar-refractivity contribution in [3.05, 3.63) is 11.6 Å². The molecule has 1 aromatic rings. The molecule has 0 saturated carbocycles. The zero-order valence-corrected chi connectivity index (χ0v) is 11.1. The van der Waals surface area contributed by atoms with Crippen LogP contribution >= 0.6 is 0 Å². The average Bonchev–Trinajstić information content (AvgIpc) is 2.78. The molecule has 2 heterocycles. The predicted molar refractivity (Wildman–Crippen MR) is 64.3 cm³/mol. The standard InChI is InChI=1S/C12H19F3N4/c1-3-7(2)10(16)11-18-17-9-5-4-8(6-19(9)11)12(13,14)15/h7-8,10H,3-6,16H2,1-2H3. The zero-order chi connectivity index (χ0) is 14.2. The lowest BCUT2D eigenvalue weighted by molar-refractivity contribution is -0.182. The van der Waals surface area contributed by atoms with Gasteiger partial charge in [-0.25, -0.2) is 0 Å². The Hall–Kier alpha value is -1.11. The minimum Gasteiger partial charge on any atom is -0.321 e. The van der Waals surface area contributed by atoms with Crippen LogP contribution in [0.2, 0.25) is 0 Å². The van der Waals surface area contributed by atoms with Gasteiger partial charge in [-0.05, 0) is 12.3 Å². The van der Waals surface area contributed by atoms with Gasteiger partial charge in [0, 0.05) is 13.0 Å². The summed E-state index contributed by atoms with van der Waals surface area (Å²) in [6, 6.07) is -0.363. The van der Waals surface area contributed by atoms with E-state index in [1.54, 1.807) is 4.57 Å². The van der Waals surface area contributed by atoms with Crippen molar-refractivity contribution in [1.29, 1.82) is 0 Å². The van der Waals surface area contributed by atoms with E-state index in [4.69, 9.17) is 5.73 Å². The summed E-state index contributed by atoms with van der Waals surface area (Å²) in [7, 11) is 0. The molecule has 1 aliphatic heterocycles. The average molecular weight is 276 g/mol. The summed E-state index contributed by atoms with van der Waals surface area (Å²) in [4.78, 5) is 0. The van der Waals surface area contributed by atoms with E-state index in [0.717, 1.165) is 6.42 Å². The van der Waals surface area contributed by atoms with Gasteiger partial charge in [0.15, 0.2) is 0 Å². The third-order valence-corrected chi connectivity index (χ3v) is 3.99. The van der Waals surface area contributed by atoms with Crippen molar-refractivity contribution in [2.75, 3.05) is 0 Å². The molecule has 0 spiro atoms. The Morgan fingerprint density at radius 2 is 2.11 bits per heavy atom. The zero-order valence-electron chi connectivity index (χ0n) is 11.1. The molecule has 0 radical (unpaired) electrons. The molecular formula is C12H19F3N4. The Morgan fingerprint density at radius 3 is 2.68 bits per heavy atom. The number of hydrogen-bond donors (Lipinski definition) is 1. The monoisotopic (exact) mass is 276 g/mol. The van der Waals surface area contributed by atoms with Gasteiger partial charge in [-0.15, -0.1) is 10.2 Å². The van der Waals surface area contributed by atoms with Gasteiger partial charge in [0.05, 0.1) is 12.0 Å². The molecule has 4 nitrogen and oxygen atoms in total. The topological polar surface area (TPSA) is 56.7 Å². The minimum absolute atomic E-state index is 0.0835. The smallest absolute Gasteiger partial charge is 0.321 e. The fourth-order valence-corrected chi connectivity index (χ4v) is 2.37. The number of aryl methyl sites for hydroxylation is 1. The third kappa shape index (κ3) is 2.75. The molecule has 2 rings (SSSR count). The fraction of sp³-hybridized carbons (Fsp3) is 0.833. The first-order valence-electron chi connectivity index (χ1n) is 6.58. The van der Waals surface area contributed by atoms with Crippen LogP contribution in [0.4, 0.5) is 13.2 Å². The van der Waals surface area contributed by atoms with Crippen LogP contribution in [-0.4, -0.2) is 20.9 Å². The lowest BCUT2D eigenvalue weighted by Crippen LogP contribution is -2.34. The van der Waals surface area contributed by atoms with E-state index < -0.39 is 12.1 Å². The molecule has 3 atom stereocenters. The summed E-state index contributed by atoms with van der Waals surface area (Å²) in [5.74, 6) is -0.0500. The molecule has 0 fully saturated rings. The van der Waals surface area contributed by atoms with Gasteiger partial charge in [0.2, 0.25) is 0 Å². The number of rotatable bonds is 3. The third-order valence-electron chi connectivity index (χ3n) is 3.99. The maximum absolute atomic E-state index is 12.8. The summed E-state index contributed by atoms with van der Waals surface area (Å²) in [6.45, 7) is 3.86. The van der Waals surface area contributed by atoms with Crippen LogP contribution in [0.3, 0.4) is 0 Å². The first-order chi connectivity index (χ1) is 8.84. The normalized spacial score (nSPS) is 22.9. The Labute approximate surface area is 110 Å². The Morgan fingerprint density at radius 1 is 1.42 bits per heavy atom. The second-order valence-corrected chi connectivity index (χ2v) is 5.27. The van der Waals surface area contributed by atoms with Gasteiger partial charge in [0.25, 0.3) is 0 Å². The van der Waals surface area contributed by atoms with Gasteiger partial charge < -0.3 is 10.3 Å². The van der Waals surface area contributed by atoms with E-state index in [9.17, 15) is 13.2 Å². The van der Waals surface area contributed by atoms with Crippen LogP contribution in [0, 0.1) is 11.8 Å². The maximum Gasteiger partial charge on any atom is 0.393 e. The van der Waals surface area contributed by atoms with Crippen LogP contribution in [0.25, 0.3) is 0 Å². The predicted octanol–water partition coefficient (Wildman–Crippen LogP) is 2.45. The number of aromatic nitrogens is 3. The number of alkyl halides is 3. The van der Waals surface area contributed by atoms with Crippen molar-refractivity contribution < 1.29 is 13.2 Å². The molecular weight excluding hydrogens is 257 g/mol. The van der Waals surface area contributed by atoms with Crippen molar-refractivity contribution in [3.8, 4) is 0 Å². The molecule has 0 bridgehead atoms. The molecule has 19 heavy (non-hydrogen) atoms. The molecule has 7 heteroatoms. The Bertz CT molecular complexity index is 441. The minimum atomic E-state index is -4.17. The SMILES string of the molecule is CCC(C)C(N)c1nnc2n1CC(C(F)(F)F)CC2. The largest absolute Gasteiger partial charge is 0.393 e. The van der Waals surface area contributed by atoms with E-state index >= 15 is 0 Å². The molecule has 0 saturated heterocycles. The van der Waals surface area contributed by atoms with Crippen LogP contribution in [0.15, 0.2) is 0 Å². The maximum atomic E-state index is 12.8. The number of nitrogens with zero attached hydrogens (tertiary/aromatic N) is 3. The highest BCUT2D eigenvalue weighted by Gasteiger charge is 2.42. The second-order valence-electron chi connectivity index (χ2n) is 5.27. The lowest BCUT2D eigenvalue weighted by Gasteiger charge is -2.28. The quantitative estimate of drug-likeness (QED) is 0.922. The summed E-state index contributed by atoms with van der Waals surface area (Å²) >= 11 is 0. The van der Waals surface area contributed by atoms with E-state index in [2.05, 4.69) is 10.2 Å². The highest BCUT2D eigenvalue weighted by molar-refractivity contribution is 5.05. The van der Waals surface area contributed by atoms with E-state index in [-0.39, 0.29) is 24.9 Å². The molecule has 2 N–H and O–H groups in total. The van der Waals surface area contributed by atoms with Gasteiger partial charge in [-0.1, -0.05) is 20.3 Å².